The molecule has 3 rings (SSSR count). The molecule has 0 atom stereocenters. The Balaban J connectivity index is 2.28. The number of benzene rings is 1. The van der Waals surface area contributed by atoms with Crippen molar-refractivity contribution in [3.05, 3.63) is 47.3 Å². The largest absolute Gasteiger partial charge is 0.407 e. The molecular formula is C17H17N3O2. The van der Waals surface area contributed by atoms with E-state index in [0.29, 0.717) is 17.4 Å². The Bertz CT molecular complexity index is 864. The van der Waals surface area contributed by atoms with Crippen molar-refractivity contribution in [2.45, 2.75) is 27.7 Å². The molecule has 2 heterocycles. The molecule has 3 aromatic rings. The van der Waals surface area contributed by atoms with Crippen molar-refractivity contribution in [3.63, 3.8) is 0 Å². The van der Waals surface area contributed by atoms with E-state index in [4.69, 9.17) is 4.74 Å². The molecule has 0 N–H and O–H groups in total. The molecular weight excluding hydrogens is 278 g/mol. The molecule has 1 aromatic carbocycles. The van der Waals surface area contributed by atoms with Gasteiger partial charge >= 0.3 is 5.97 Å². The summed E-state index contributed by atoms with van der Waals surface area (Å²) in [6.07, 6.45) is 1.89. The summed E-state index contributed by atoms with van der Waals surface area (Å²) >= 11 is 0. The first-order valence-corrected chi connectivity index (χ1v) is 7.07. The van der Waals surface area contributed by atoms with Crippen LogP contribution in [0.15, 0.2) is 30.5 Å². The van der Waals surface area contributed by atoms with Crippen LogP contribution in [-0.4, -0.2) is 20.3 Å². The van der Waals surface area contributed by atoms with Gasteiger partial charge in [0.25, 0.3) is 0 Å². The monoisotopic (exact) mass is 295 g/mol. The minimum atomic E-state index is -0.381. The summed E-state index contributed by atoms with van der Waals surface area (Å²) in [5.41, 5.74) is 4.58. The number of nitrogens with zero attached hydrogens (tertiary/aromatic N) is 3. The zero-order valence-corrected chi connectivity index (χ0v) is 13.0. The molecule has 0 bridgehead atoms. The molecule has 0 saturated heterocycles. The summed E-state index contributed by atoms with van der Waals surface area (Å²) in [5, 5.41) is 0. The fourth-order valence-corrected chi connectivity index (χ4v) is 2.26. The van der Waals surface area contributed by atoms with Crippen LogP contribution in [0.1, 0.15) is 23.7 Å². The van der Waals surface area contributed by atoms with Gasteiger partial charge < -0.3 is 4.74 Å². The maximum atomic E-state index is 11.5. The predicted octanol–water partition coefficient (Wildman–Crippen LogP) is 3.25. The van der Waals surface area contributed by atoms with Gasteiger partial charge in [0.2, 0.25) is 11.7 Å². The normalized spacial score (nSPS) is 10.9. The van der Waals surface area contributed by atoms with Crippen LogP contribution in [0.4, 0.5) is 0 Å². The lowest BCUT2D eigenvalue weighted by atomic mass is 10.1. The lowest BCUT2D eigenvalue weighted by Gasteiger charge is -2.05. The second kappa shape index (κ2) is 5.26. The number of carbonyl (C=O) groups excluding carboxylic acids is 1. The van der Waals surface area contributed by atoms with Gasteiger partial charge in [0.1, 0.15) is 5.69 Å². The number of aromatic nitrogens is 3. The molecule has 0 radical (unpaired) electrons. The fraction of sp³-hybridized carbons (Fsp3) is 0.235. The Morgan fingerprint density at radius 1 is 1.09 bits per heavy atom. The van der Waals surface area contributed by atoms with Gasteiger partial charge in [-0.25, -0.2) is 9.97 Å². The zero-order chi connectivity index (χ0) is 15.9. The van der Waals surface area contributed by atoms with E-state index in [1.54, 1.807) is 4.40 Å². The van der Waals surface area contributed by atoms with Crippen molar-refractivity contribution in [2.75, 3.05) is 0 Å². The molecule has 0 aliphatic heterocycles. The molecule has 0 aliphatic rings. The quantitative estimate of drug-likeness (QED) is 0.681. The minimum Gasteiger partial charge on any atom is -0.407 e. The van der Waals surface area contributed by atoms with Crippen LogP contribution >= 0.6 is 0 Å². The van der Waals surface area contributed by atoms with Gasteiger partial charge in [-0.2, -0.15) is 0 Å². The van der Waals surface area contributed by atoms with Gasteiger partial charge in [-0.15, -0.1) is 0 Å². The first-order chi connectivity index (χ1) is 10.5. The molecule has 2 aromatic heterocycles. The van der Waals surface area contributed by atoms with Crippen LogP contribution in [0.2, 0.25) is 0 Å². The Morgan fingerprint density at radius 2 is 1.77 bits per heavy atom. The summed E-state index contributed by atoms with van der Waals surface area (Å²) in [6, 6.07) is 7.93. The molecule has 0 saturated carbocycles. The van der Waals surface area contributed by atoms with Gasteiger partial charge in [-0.05, 0) is 26.3 Å². The number of hydrogen-bond acceptors (Lipinski definition) is 4. The van der Waals surface area contributed by atoms with Gasteiger partial charge in [0.15, 0.2) is 0 Å². The number of esters is 1. The van der Waals surface area contributed by atoms with Gasteiger partial charge in [0.05, 0.1) is 0 Å². The van der Waals surface area contributed by atoms with Crippen molar-refractivity contribution >= 4 is 11.7 Å². The topological polar surface area (TPSA) is 56.5 Å². The first kappa shape index (κ1) is 14.3. The van der Waals surface area contributed by atoms with Gasteiger partial charge in [-0.3, -0.25) is 9.20 Å². The van der Waals surface area contributed by atoms with E-state index in [-0.39, 0.29) is 5.97 Å². The SMILES string of the molecule is CC(=O)Oc1c(-c2ccc(C)cc2)nc2nc(C)c(C)cn12. The third-order valence-electron chi connectivity index (χ3n) is 3.58. The van der Waals surface area contributed by atoms with Crippen LogP contribution < -0.4 is 4.74 Å². The van der Waals surface area contributed by atoms with Crippen molar-refractivity contribution < 1.29 is 9.53 Å². The van der Waals surface area contributed by atoms with Crippen molar-refractivity contribution in [2.24, 2.45) is 0 Å². The number of hydrogen-bond donors (Lipinski definition) is 0. The number of carbonyl (C=O) groups is 1. The first-order valence-electron chi connectivity index (χ1n) is 7.07. The molecule has 0 aliphatic carbocycles. The highest BCUT2D eigenvalue weighted by atomic mass is 16.5. The smallest absolute Gasteiger partial charge is 0.309 e. The maximum absolute atomic E-state index is 11.5. The van der Waals surface area contributed by atoms with E-state index in [0.717, 1.165) is 22.4 Å². The van der Waals surface area contributed by atoms with Gasteiger partial charge in [-0.1, -0.05) is 29.8 Å². The van der Waals surface area contributed by atoms with Crippen LogP contribution in [0.5, 0.6) is 5.88 Å². The number of ether oxygens (including phenoxy) is 1. The highest BCUT2D eigenvalue weighted by Crippen LogP contribution is 2.31. The van der Waals surface area contributed by atoms with E-state index in [1.165, 1.54) is 6.92 Å². The average molecular weight is 295 g/mol. The lowest BCUT2D eigenvalue weighted by Crippen LogP contribution is -2.05. The van der Waals surface area contributed by atoms with E-state index < -0.39 is 0 Å². The molecule has 5 heteroatoms. The second-order valence-electron chi connectivity index (χ2n) is 5.40. The number of aryl methyl sites for hydroxylation is 3. The molecule has 0 fully saturated rings. The van der Waals surface area contributed by atoms with E-state index >= 15 is 0 Å². The van der Waals surface area contributed by atoms with Crippen molar-refractivity contribution in [1.82, 2.24) is 14.4 Å². The van der Waals surface area contributed by atoms with E-state index in [1.807, 2.05) is 51.2 Å². The highest BCUT2D eigenvalue weighted by molar-refractivity contribution is 5.75. The average Bonchev–Trinajstić information content (AvgIpc) is 2.78. The Morgan fingerprint density at radius 3 is 2.41 bits per heavy atom. The van der Waals surface area contributed by atoms with Crippen LogP contribution in [0.25, 0.3) is 17.0 Å². The number of imidazole rings is 1. The van der Waals surface area contributed by atoms with E-state index in [9.17, 15) is 4.79 Å². The molecule has 0 spiro atoms. The van der Waals surface area contributed by atoms with Crippen LogP contribution in [0.3, 0.4) is 0 Å². The minimum absolute atomic E-state index is 0.381. The summed E-state index contributed by atoms with van der Waals surface area (Å²) in [6.45, 7) is 7.30. The Hall–Kier alpha value is -2.69. The zero-order valence-electron chi connectivity index (χ0n) is 13.0. The van der Waals surface area contributed by atoms with Crippen LogP contribution in [-0.2, 0) is 4.79 Å². The standard InChI is InChI=1S/C17H17N3O2/c1-10-5-7-14(8-6-10)15-16(22-13(4)21)20-9-11(2)12(3)18-17(20)19-15/h5-9H,1-4H3. The Labute approximate surface area is 128 Å². The fourth-order valence-electron chi connectivity index (χ4n) is 2.26. The highest BCUT2D eigenvalue weighted by Gasteiger charge is 2.18. The lowest BCUT2D eigenvalue weighted by molar-refractivity contribution is -0.132. The third-order valence-corrected chi connectivity index (χ3v) is 3.58. The molecule has 22 heavy (non-hydrogen) atoms. The van der Waals surface area contributed by atoms with Gasteiger partial charge in [0, 0.05) is 24.4 Å². The molecule has 0 amide bonds. The summed E-state index contributed by atoms with van der Waals surface area (Å²) in [4.78, 5) is 20.5. The third kappa shape index (κ3) is 2.45. The second-order valence-corrected chi connectivity index (χ2v) is 5.40. The van der Waals surface area contributed by atoms with Crippen molar-refractivity contribution in [1.29, 1.82) is 0 Å². The van der Waals surface area contributed by atoms with E-state index in [2.05, 4.69) is 9.97 Å². The number of rotatable bonds is 2. The van der Waals surface area contributed by atoms with Crippen LogP contribution in [0, 0.1) is 20.8 Å². The predicted molar refractivity (Wildman–Crippen MR) is 83.9 cm³/mol. The molecule has 112 valence electrons. The Kier molecular flexibility index (Phi) is 3.41. The molecule has 5 nitrogen and oxygen atoms in total. The number of fused-ring (bicyclic) bond motifs is 1. The maximum Gasteiger partial charge on any atom is 0.309 e. The summed E-state index contributed by atoms with van der Waals surface area (Å²) in [5.74, 6) is 0.547. The summed E-state index contributed by atoms with van der Waals surface area (Å²) < 4.78 is 7.12. The summed E-state index contributed by atoms with van der Waals surface area (Å²) in [7, 11) is 0. The van der Waals surface area contributed by atoms with Crippen molar-refractivity contribution in [3.8, 4) is 17.1 Å². The molecule has 0 unspecified atom stereocenters.